The van der Waals surface area contributed by atoms with Gasteiger partial charge in [0.2, 0.25) is 0 Å². The van der Waals surface area contributed by atoms with Gasteiger partial charge in [-0.15, -0.1) is 0 Å². The normalized spacial score (nSPS) is 10.1. The van der Waals surface area contributed by atoms with E-state index in [-0.39, 0.29) is 0 Å². The third-order valence-corrected chi connectivity index (χ3v) is 3.26. The van der Waals surface area contributed by atoms with Gasteiger partial charge in [0.25, 0.3) is 0 Å². The van der Waals surface area contributed by atoms with Crippen LogP contribution in [0.25, 0.3) is 0 Å². The van der Waals surface area contributed by atoms with Gasteiger partial charge in [0, 0.05) is 21.2 Å². The van der Waals surface area contributed by atoms with Crippen LogP contribution in [0.5, 0.6) is 0 Å². The second-order valence-electron chi connectivity index (χ2n) is 3.49. The molecule has 0 aliphatic heterocycles. The Morgan fingerprint density at radius 1 is 0.875 bits per heavy atom. The van der Waals surface area contributed by atoms with Crippen molar-refractivity contribution in [2.75, 3.05) is 5.32 Å². The molecular weight excluding hydrogens is 330 g/mol. The molecule has 0 bridgehead atoms. The molecule has 3 heteroatoms. The average molecular weight is 341 g/mol. The summed E-state index contributed by atoms with van der Waals surface area (Å²) < 4.78 is 2.20. The summed E-state index contributed by atoms with van der Waals surface area (Å²) in [6, 6.07) is 16.5. The van der Waals surface area contributed by atoms with Crippen molar-refractivity contribution < 1.29 is 0 Å². The molecule has 0 saturated carbocycles. The van der Waals surface area contributed by atoms with Gasteiger partial charge < -0.3 is 5.32 Å². The second kappa shape index (κ2) is 5.51. The fourth-order valence-corrected chi connectivity index (χ4v) is 2.07. The summed E-state index contributed by atoms with van der Waals surface area (Å²) in [6.07, 6.45) is 0. The summed E-state index contributed by atoms with van der Waals surface area (Å²) in [5, 5.41) is 3.38. The van der Waals surface area contributed by atoms with E-state index < -0.39 is 0 Å². The zero-order valence-electron chi connectivity index (χ0n) is 8.58. The SMILES string of the molecule is Brc1ccc(CNc2cccc(Br)c2)cc1. The maximum Gasteiger partial charge on any atom is 0.0400 e. The van der Waals surface area contributed by atoms with Crippen molar-refractivity contribution in [1.29, 1.82) is 0 Å². The molecule has 2 aromatic rings. The molecule has 0 amide bonds. The summed E-state index contributed by atoms with van der Waals surface area (Å²) in [5.74, 6) is 0. The van der Waals surface area contributed by atoms with E-state index in [9.17, 15) is 0 Å². The van der Waals surface area contributed by atoms with E-state index in [2.05, 4.69) is 73.6 Å². The minimum absolute atomic E-state index is 0.837. The highest BCUT2D eigenvalue weighted by atomic mass is 79.9. The van der Waals surface area contributed by atoms with Crippen LogP contribution in [0, 0.1) is 0 Å². The van der Waals surface area contributed by atoms with Gasteiger partial charge >= 0.3 is 0 Å². The lowest BCUT2D eigenvalue weighted by molar-refractivity contribution is 1.15. The smallest absolute Gasteiger partial charge is 0.0400 e. The molecule has 0 radical (unpaired) electrons. The molecule has 0 aromatic heterocycles. The van der Waals surface area contributed by atoms with Crippen LogP contribution in [-0.4, -0.2) is 0 Å². The first-order valence-corrected chi connectivity index (χ1v) is 6.56. The molecule has 0 saturated heterocycles. The fourth-order valence-electron chi connectivity index (χ4n) is 1.40. The molecule has 16 heavy (non-hydrogen) atoms. The molecule has 2 aromatic carbocycles. The van der Waals surface area contributed by atoms with Gasteiger partial charge in [-0.05, 0) is 35.9 Å². The largest absolute Gasteiger partial charge is 0.381 e. The summed E-state index contributed by atoms with van der Waals surface area (Å²) in [6.45, 7) is 0.837. The Morgan fingerprint density at radius 2 is 1.62 bits per heavy atom. The summed E-state index contributed by atoms with van der Waals surface area (Å²) in [7, 11) is 0. The fraction of sp³-hybridized carbons (Fsp3) is 0.0769. The van der Waals surface area contributed by atoms with Crippen molar-refractivity contribution in [3.63, 3.8) is 0 Å². The number of nitrogens with one attached hydrogen (secondary N) is 1. The molecule has 1 N–H and O–H groups in total. The first-order chi connectivity index (χ1) is 7.74. The predicted molar refractivity (Wildman–Crippen MR) is 75.6 cm³/mol. The Balaban J connectivity index is 1.99. The van der Waals surface area contributed by atoms with Gasteiger partial charge in [-0.1, -0.05) is 50.1 Å². The summed E-state index contributed by atoms with van der Waals surface area (Å²) in [4.78, 5) is 0. The van der Waals surface area contributed by atoms with E-state index in [0.717, 1.165) is 21.2 Å². The zero-order valence-corrected chi connectivity index (χ0v) is 11.8. The van der Waals surface area contributed by atoms with E-state index >= 15 is 0 Å². The van der Waals surface area contributed by atoms with Crippen LogP contribution in [0.2, 0.25) is 0 Å². The van der Waals surface area contributed by atoms with Crippen molar-refractivity contribution in [1.82, 2.24) is 0 Å². The van der Waals surface area contributed by atoms with Crippen LogP contribution < -0.4 is 5.32 Å². The first kappa shape index (κ1) is 11.7. The van der Waals surface area contributed by atoms with E-state index in [1.807, 2.05) is 12.1 Å². The van der Waals surface area contributed by atoms with Gasteiger partial charge in [0.05, 0.1) is 0 Å². The van der Waals surface area contributed by atoms with Crippen LogP contribution in [0.15, 0.2) is 57.5 Å². The molecule has 82 valence electrons. The number of halogens is 2. The van der Waals surface area contributed by atoms with E-state index in [0.29, 0.717) is 0 Å². The Kier molecular flexibility index (Phi) is 4.02. The van der Waals surface area contributed by atoms with Crippen LogP contribution >= 0.6 is 31.9 Å². The van der Waals surface area contributed by atoms with E-state index in [4.69, 9.17) is 0 Å². The van der Waals surface area contributed by atoms with Crippen molar-refractivity contribution in [3.05, 3.63) is 63.0 Å². The van der Waals surface area contributed by atoms with Crippen LogP contribution in [0.1, 0.15) is 5.56 Å². The molecule has 0 aliphatic rings. The van der Waals surface area contributed by atoms with Crippen molar-refractivity contribution in [3.8, 4) is 0 Å². The topological polar surface area (TPSA) is 12.0 Å². The number of rotatable bonds is 3. The van der Waals surface area contributed by atoms with Crippen molar-refractivity contribution in [2.45, 2.75) is 6.54 Å². The highest BCUT2D eigenvalue weighted by Crippen LogP contribution is 2.17. The number of anilines is 1. The Labute approximate surface area is 112 Å². The molecule has 2 rings (SSSR count). The maximum atomic E-state index is 3.45. The maximum absolute atomic E-state index is 3.45. The minimum Gasteiger partial charge on any atom is -0.381 e. The highest BCUT2D eigenvalue weighted by molar-refractivity contribution is 9.10. The van der Waals surface area contributed by atoms with Crippen molar-refractivity contribution in [2.24, 2.45) is 0 Å². The van der Waals surface area contributed by atoms with Crippen LogP contribution in [0.3, 0.4) is 0 Å². The Hall–Kier alpha value is -0.800. The summed E-state index contributed by atoms with van der Waals surface area (Å²) >= 11 is 6.88. The molecule has 0 heterocycles. The number of hydrogen-bond acceptors (Lipinski definition) is 1. The predicted octanol–water partition coefficient (Wildman–Crippen LogP) is 4.82. The molecule has 1 nitrogen and oxygen atoms in total. The minimum atomic E-state index is 0.837. The molecular formula is C13H11Br2N. The Bertz CT molecular complexity index is 466. The van der Waals surface area contributed by atoms with Gasteiger partial charge in [-0.3, -0.25) is 0 Å². The highest BCUT2D eigenvalue weighted by Gasteiger charge is 1.95. The van der Waals surface area contributed by atoms with Crippen LogP contribution in [0.4, 0.5) is 5.69 Å². The lowest BCUT2D eigenvalue weighted by atomic mass is 10.2. The third kappa shape index (κ3) is 3.35. The zero-order chi connectivity index (χ0) is 11.4. The quantitative estimate of drug-likeness (QED) is 0.844. The summed E-state index contributed by atoms with van der Waals surface area (Å²) in [5.41, 5.74) is 2.39. The van der Waals surface area contributed by atoms with E-state index in [1.54, 1.807) is 0 Å². The average Bonchev–Trinajstić information content (AvgIpc) is 2.28. The Morgan fingerprint density at radius 3 is 2.31 bits per heavy atom. The number of hydrogen-bond donors (Lipinski definition) is 1. The first-order valence-electron chi connectivity index (χ1n) is 4.98. The lowest BCUT2D eigenvalue weighted by Crippen LogP contribution is -1.98. The molecule has 0 spiro atoms. The van der Waals surface area contributed by atoms with Gasteiger partial charge in [0.15, 0.2) is 0 Å². The molecule has 0 unspecified atom stereocenters. The van der Waals surface area contributed by atoms with E-state index in [1.165, 1.54) is 5.56 Å². The third-order valence-electron chi connectivity index (χ3n) is 2.23. The van der Waals surface area contributed by atoms with Crippen molar-refractivity contribution >= 4 is 37.5 Å². The standard InChI is InChI=1S/C13H11Br2N/c14-11-6-4-10(5-7-11)9-16-13-3-1-2-12(15)8-13/h1-8,16H,9H2. The lowest BCUT2D eigenvalue weighted by Gasteiger charge is -2.06. The molecule has 0 aliphatic carbocycles. The van der Waals surface area contributed by atoms with Gasteiger partial charge in [-0.25, -0.2) is 0 Å². The monoisotopic (exact) mass is 339 g/mol. The second-order valence-corrected chi connectivity index (χ2v) is 5.32. The van der Waals surface area contributed by atoms with Gasteiger partial charge in [-0.2, -0.15) is 0 Å². The van der Waals surface area contributed by atoms with Crippen LogP contribution in [-0.2, 0) is 6.54 Å². The molecule has 0 atom stereocenters. The molecule has 0 fully saturated rings. The van der Waals surface area contributed by atoms with Gasteiger partial charge in [0.1, 0.15) is 0 Å². The number of benzene rings is 2.